The van der Waals surface area contributed by atoms with E-state index in [1.54, 1.807) is 0 Å². The fourth-order valence-electron chi connectivity index (χ4n) is 3.43. The van der Waals surface area contributed by atoms with Crippen LogP contribution in [0.4, 0.5) is 0 Å². The zero-order valence-corrected chi connectivity index (χ0v) is 12.4. The van der Waals surface area contributed by atoms with Crippen LogP contribution in [0.15, 0.2) is 0 Å². The van der Waals surface area contributed by atoms with E-state index in [-0.39, 0.29) is 12.3 Å². The van der Waals surface area contributed by atoms with Crippen molar-refractivity contribution in [2.45, 2.75) is 71.1 Å². The number of carbonyl (C=O) groups is 1. The summed E-state index contributed by atoms with van der Waals surface area (Å²) in [6, 6.07) is 0. The zero-order chi connectivity index (χ0) is 14.1. The lowest BCUT2D eigenvalue weighted by molar-refractivity contribution is -0.138. The van der Waals surface area contributed by atoms with E-state index in [9.17, 15) is 4.79 Å². The lowest BCUT2D eigenvalue weighted by atomic mass is 9.84. The second kappa shape index (κ2) is 9.35. The third kappa shape index (κ3) is 7.56. The molecule has 1 fully saturated rings. The van der Waals surface area contributed by atoms with Gasteiger partial charge >= 0.3 is 5.97 Å². The predicted octanol–water partition coefficient (Wildman–Crippen LogP) is 3.81. The molecular weight excluding hydrogens is 238 g/mol. The molecule has 2 atom stereocenters. The number of aliphatic carboxylic acids is 1. The zero-order valence-electron chi connectivity index (χ0n) is 12.4. The van der Waals surface area contributed by atoms with Gasteiger partial charge in [0.05, 0.1) is 0 Å². The molecule has 3 heteroatoms. The Morgan fingerprint density at radius 1 is 1.32 bits per heavy atom. The van der Waals surface area contributed by atoms with Crippen LogP contribution in [0.5, 0.6) is 0 Å². The molecule has 1 saturated carbocycles. The number of rotatable bonds is 9. The highest BCUT2D eigenvalue weighted by atomic mass is 16.4. The first kappa shape index (κ1) is 16.5. The van der Waals surface area contributed by atoms with Crippen LogP contribution in [0.1, 0.15) is 71.1 Å². The number of carboxylic acid groups (broad SMARTS) is 1. The average Bonchev–Trinajstić information content (AvgIpc) is 2.38. The van der Waals surface area contributed by atoms with Gasteiger partial charge in [-0.15, -0.1) is 0 Å². The van der Waals surface area contributed by atoms with Gasteiger partial charge < -0.3 is 10.8 Å². The smallest absolute Gasteiger partial charge is 0.303 e. The van der Waals surface area contributed by atoms with E-state index in [1.807, 2.05) is 0 Å². The molecule has 1 aliphatic carbocycles. The summed E-state index contributed by atoms with van der Waals surface area (Å²) in [6.07, 6.45) is 12.2. The molecule has 0 unspecified atom stereocenters. The molecule has 0 aromatic rings. The maximum absolute atomic E-state index is 10.7. The molecule has 0 aromatic carbocycles. The van der Waals surface area contributed by atoms with E-state index >= 15 is 0 Å². The molecular formula is C16H31NO2. The average molecular weight is 269 g/mol. The fourth-order valence-corrected chi connectivity index (χ4v) is 3.43. The van der Waals surface area contributed by atoms with Crippen LogP contribution in [0.25, 0.3) is 0 Å². The summed E-state index contributed by atoms with van der Waals surface area (Å²) in [5.41, 5.74) is 5.65. The van der Waals surface area contributed by atoms with Gasteiger partial charge in [-0.3, -0.25) is 4.79 Å². The normalized spacial score (nSPS) is 20.1. The Bertz CT molecular complexity index is 249. The molecule has 19 heavy (non-hydrogen) atoms. The van der Waals surface area contributed by atoms with Gasteiger partial charge in [0.1, 0.15) is 0 Å². The minimum atomic E-state index is -0.718. The van der Waals surface area contributed by atoms with Crippen molar-refractivity contribution in [3.8, 4) is 0 Å². The van der Waals surface area contributed by atoms with Crippen LogP contribution in [0.2, 0.25) is 0 Å². The summed E-state index contributed by atoms with van der Waals surface area (Å²) in [7, 11) is 0. The Morgan fingerprint density at radius 2 is 2.00 bits per heavy atom. The number of nitrogens with two attached hydrogens (primary N) is 1. The molecule has 0 spiro atoms. The maximum Gasteiger partial charge on any atom is 0.303 e. The van der Waals surface area contributed by atoms with E-state index in [4.69, 9.17) is 10.8 Å². The van der Waals surface area contributed by atoms with Crippen molar-refractivity contribution in [3.05, 3.63) is 0 Å². The number of hydrogen-bond acceptors (Lipinski definition) is 2. The van der Waals surface area contributed by atoms with E-state index in [2.05, 4.69) is 6.92 Å². The van der Waals surface area contributed by atoms with Gasteiger partial charge in [0, 0.05) is 6.42 Å². The third-order valence-corrected chi connectivity index (χ3v) is 4.57. The first-order valence-corrected chi connectivity index (χ1v) is 8.03. The Hall–Kier alpha value is -0.570. The Labute approximate surface area is 118 Å². The predicted molar refractivity (Wildman–Crippen MR) is 79.0 cm³/mol. The highest BCUT2D eigenvalue weighted by Gasteiger charge is 2.17. The van der Waals surface area contributed by atoms with Gasteiger partial charge in [0.15, 0.2) is 0 Å². The van der Waals surface area contributed by atoms with Crippen LogP contribution in [0, 0.1) is 17.8 Å². The molecule has 112 valence electrons. The lowest BCUT2D eigenvalue weighted by Crippen LogP contribution is -2.20. The fraction of sp³-hybridized carbons (Fsp3) is 0.938. The van der Waals surface area contributed by atoms with Gasteiger partial charge in [-0.1, -0.05) is 58.3 Å². The summed E-state index contributed by atoms with van der Waals surface area (Å²) in [4.78, 5) is 10.7. The summed E-state index contributed by atoms with van der Waals surface area (Å²) in [5.74, 6) is 1.01. The van der Waals surface area contributed by atoms with Crippen LogP contribution >= 0.6 is 0 Å². The first-order chi connectivity index (χ1) is 9.11. The van der Waals surface area contributed by atoms with Crippen LogP contribution in [-0.4, -0.2) is 17.6 Å². The minimum absolute atomic E-state index is 0.155. The Morgan fingerprint density at radius 3 is 2.58 bits per heavy atom. The molecule has 3 nitrogen and oxygen atoms in total. The topological polar surface area (TPSA) is 63.3 Å². The quantitative estimate of drug-likeness (QED) is 0.669. The molecule has 0 aliphatic heterocycles. The maximum atomic E-state index is 10.7. The molecule has 0 amide bonds. The van der Waals surface area contributed by atoms with Crippen molar-refractivity contribution >= 4 is 5.97 Å². The summed E-state index contributed by atoms with van der Waals surface area (Å²) in [6.45, 7) is 2.74. The van der Waals surface area contributed by atoms with Crippen molar-refractivity contribution in [2.24, 2.45) is 23.5 Å². The Balaban J connectivity index is 2.11. The van der Waals surface area contributed by atoms with Gasteiger partial charge in [-0.2, -0.15) is 0 Å². The monoisotopic (exact) mass is 269 g/mol. The van der Waals surface area contributed by atoms with Gasteiger partial charge in [-0.05, 0) is 30.7 Å². The van der Waals surface area contributed by atoms with Crippen molar-refractivity contribution in [1.29, 1.82) is 0 Å². The van der Waals surface area contributed by atoms with Crippen molar-refractivity contribution in [3.63, 3.8) is 0 Å². The van der Waals surface area contributed by atoms with Crippen molar-refractivity contribution in [2.75, 3.05) is 6.54 Å². The molecule has 0 heterocycles. The number of hydrogen-bond donors (Lipinski definition) is 2. The molecule has 1 aliphatic rings. The first-order valence-electron chi connectivity index (χ1n) is 8.03. The van der Waals surface area contributed by atoms with Crippen LogP contribution in [-0.2, 0) is 4.79 Å². The Kier molecular flexibility index (Phi) is 8.11. The van der Waals surface area contributed by atoms with E-state index in [0.717, 1.165) is 12.3 Å². The summed E-state index contributed by atoms with van der Waals surface area (Å²) < 4.78 is 0. The largest absolute Gasteiger partial charge is 0.481 e. The molecule has 1 rings (SSSR count). The minimum Gasteiger partial charge on any atom is -0.481 e. The summed E-state index contributed by atoms with van der Waals surface area (Å²) in [5, 5.41) is 8.82. The van der Waals surface area contributed by atoms with Gasteiger partial charge in [0.2, 0.25) is 0 Å². The van der Waals surface area contributed by atoms with Gasteiger partial charge in [-0.25, -0.2) is 0 Å². The van der Waals surface area contributed by atoms with E-state index in [0.29, 0.717) is 12.5 Å². The highest BCUT2D eigenvalue weighted by molar-refractivity contribution is 5.67. The third-order valence-electron chi connectivity index (χ3n) is 4.57. The highest BCUT2D eigenvalue weighted by Crippen LogP contribution is 2.29. The molecule has 0 radical (unpaired) electrons. The van der Waals surface area contributed by atoms with Gasteiger partial charge in [0.25, 0.3) is 0 Å². The van der Waals surface area contributed by atoms with Crippen LogP contribution < -0.4 is 5.73 Å². The standard InChI is InChI=1S/C16H31NO2/c1-13(10-15(12-17)11-16(18)19)6-5-9-14-7-3-2-4-8-14/h13-15H,2-12,17H2,1H3,(H,18,19)/t13-,15+/m1/s1. The molecule has 0 saturated heterocycles. The lowest BCUT2D eigenvalue weighted by Gasteiger charge is -2.23. The molecule has 0 bridgehead atoms. The molecule has 0 aromatic heterocycles. The summed E-state index contributed by atoms with van der Waals surface area (Å²) >= 11 is 0. The van der Waals surface area contributed by atoms with Crippen LogP contribution in [0.3, 0.4) is 0 Å². The second-order valence-electron chi connectivity index (χ2n) is 6.48. The van der Waals surface area contributed by atoms with E-state index in [1.165, 1.54) is 51.4 Å². The SMILES string of the molecule is C[C@H](CCCC1CCCCC1)C[C@H](CN)CC(=O)O. The number of carboxylic acids is 1. The van der Waals surface area contributed by atoms with E-state index < -0.39 is 5.97 Å². The molecule has 3 N–H and O–H groups in total. The van der Waals surface area contributed by atoms with Crippen molar-refractivity contribution in [1.82, 2.24) is 0 Å². The second-order valence-corrected chi connectivity index (χ2v) is 6.48. The van der Waals surface area contributed by atoms with Crippen molar-refractivity contribution < 1.29 is 9.90 Å².